The van der Waals surface area contributed by atoms with E-state index in [-0.39, 0.29) is 12.2 Å². The van der Waals surface area contributed by atoms with E-state index in [4.69, 9.17) is 9.47 Å². The van der Waals surface area contributed by atoms with Crippen LogP contribution in [0.2, 0.25) is 0 Å². The number of ether oxygens (including phenoxy) is 2. The smallest absolute Gasteiger partial charge is 0.111 e. The Labute approximate surface area is 152 Å². The molecular weight excluding hydrogens is 316 g/mol. The number of hydrogen-bond donors (Lipinski definition) is 2. The number of aliphatic hydroxyl groups excluding tert-OH is 2. The molecule has 1 heterocycles. The highest BCUT2D eigenvalue weighted by atomic mass is 16.6. The second-order valence-electron chi connectivity index (χ2n) is 9.17. The summed E-state index contributed by atoms with van der Waals surface area (Å²) >= 11 is 0. The molecule has 4 fully saturated rings. The Morgan fingerprint density at radius 3 is 2.28 bits per heavy atom. The van der Waals surface area contributed by atoms with Crippen LogP contribution in [0.4, 0.5) is 0 Å². The fraction of sp³-hybridized carbons (Fsp3) is 1.00. The monoisotopic (exact) mass is 352 g/mol. The van der Waals surface area contributed by atoms with E-state index >= 15 is 0 Å². The minimum Gasteiger partial charge on any atom is -0.388 e. The fourth-order valence-corrected chi connectivity index (χ4v) is 5.52. The van der Waals surface area contributed by atoms with Crippen LogP contribution in [0, 0.1) is 17.8 Å². The molecule has 0 radical (unpaired) electrons. The summed E-state index contributed by atoms with van der Waals surface area (Å²) in [5, 5.41) is 20.7. The number of rotatable bonds is 7. The van der Waals surface area contributed by atoms with Crippen LogP contribution in [-0.4, -0.2) is 47.3 Å². The van der Waals surface area contributed by atoms with Crippen LogP contribution in [0.15, 0.2) is 0 Å². The highest BCUT2D eigenvalue weighted by molar-refractivity contribution is 4.95. The van der Waals surface area contributed by atoms with Crippen LogP contribution in [0.5, 0.6) is 0 Å². The van der Waals surface area contributed by atoms with Gasteiger partial charge in [-0.05, 0) is 49.9 Å². The summed E-state index contributed by atoms with van der Waals surface area (Å²) in [6.07, 6.45) is 13.7. The molecule has 0 aromatic rings. The van der Waals surface area contributed by atoms with Crippen molar-refractivity contribution in [3.8, 4) is 0 Å². The first-order valence-electron chi connectivity index (χ1n) is 10.8. The van der Waals surface area contributed by atoms with Crippen molar-refractivity contribution < 1.29 is 19.7 Å². The molecule has 25 heavy (non-hydrogen) atoms. The maximum atomic E-state index is 10.3. The fourth-order valence-electron chi connectivity index (χ4n) is 5.52. The molecule has 144 valence electrons. The van der Waals surface area contributed by atoms with Gasteiger partial charge >= 0.3 is 0 Å². The zero-order valence-electron chi connectivity index (χ0n) is 15.5. The van der Waals surface area contributed by atoms with Gasteiger partial charge in [-0.25, -0.2) is 0 Å². The van der Waals surface area contributed by atoms with Crippen molar-refractivity contribution in [1.29, 1.82) is 0 Å². The summed E-state index contributed by atoms with van der Waals surface area (Å²) in [6.45, 7) is 0.432. The lowest BCUT2D eigenvalue weighted by atomic mass is 9.80. The second-order valence-corrected chi connectivity index (χ2v) is 9.17. The van der Waals surface area contributed by atoms with E-state index in [9.17, 15) is 10.2 Å². The first-order chi connectivity index (χ1) is 12.2. The molecule has 0 bridgehead atoms. The molecule has 4 heteroatoms. The Morgan fingerprint density at radius 1 is 0.800 bits per heavy atom. The minimum atomic E-state index is -0.790. The van der Waals surface area contributed by atoms with Crippen molar-refractivity contribution in [1.82, 2.24) is 0 Å². The van der Waals surface area contributed by atoms with Gasteiger partial charge in [0.1, 0.15) is 18.3 Å². The van der Waals surface area contributed by atoms with E-state index in [1.54, 1.807) is 0 Å². The van der Waals surface area contributed by atoms with Crippen LogP contribution in [-0.2, 0) is 9.47 Å². The standard InChI is InChI=1S/C21H36O4/c22-19-18(25-21(20(19)23)16-6-1-2-7-16)13-24-17-11-10-15(12-17)9-8-14-4-3-5-14/h14-23H,1-13H2. The minimum absolute atomic E-state index is 0.190. The first kappa shape index (κ1) is 18.2. The summed E-state index contributed by atoms with van der Waals surface area (Å²) in [5.41, 5.74) is 0. The average Bonchev–Trinajstić information content (AvgIpc) is 3.28. The van der Waals surface area contributed by atoms with Gasteiger partial charge < -0.3 is 19.7 Å². The maximum Gasteiger partial charge on any atom is 0.111 e. The summed E-state index contributed by atoms with van der Waals surface area (Å²) in [5.74, 6) is 2.25. The topological polar surface area (TPSA) is 58.9 Å². The Kier molecular flexibility index (Phi) is 6.01. The Bertz CT molecular complexity index is 418. The second kappa shape index (κ2) is 8.24. The third-order valence-corrected chi connectivity index (χ3v) is 7.46. The molecule has 4 nitrogen and oxygen atoms in total. The molecule has 0 aromatic heterocycles. The van der Waals surface area contributed by atoms with Crippen LogP contribution < -0.4 is 0 Å². The van der Waals surface area contributed by atoms with Gasteiger partial charge in [0.2, 0.25) is 0 Å². The largest absolute Gasteiger partial charge is 0.388 e. The van der Waals surface area contributed by atoms with Crippen molar-refractivity contribution in [3.05, 3.63) is 0 Å². The van der Waals surface area contributed by atoms with Gasteiger partial charge in [0.05, 0.1) is 18.8 Å². The van der Waals surface area contributed by atoms with E-state index in [1.807, 2.05) is 0 Å². The predicted molar refractivity (Wildman–Crippen MR) is 96.3 cm³/mol. The SMILES string of the molecule is OC1C(COC2CCC(CCC3CCC3)C2)OC(C2CCCC2)C1O. The van der Waals surface area contributed by atoms with E-state index in [0.717, 1.165) is 31.1 Å². The Hall–Kier alpha value is -0.160. The van der Waals surface area contributed by atoms with Crippen molar-refractivity contribution in [3.63, 3.8) is 0 Å². The third kappa shape index (κ3) is 4.23. The van der Waals surface area contributed by atoms with Gasteiger partial charge in [-0.3, -0.25) is 0 Å². The van der Waals surface area contributed by atoms with Crippen LogP contribution in [0.25, 0.3) is 0 Å². The Balaban J connectivity index is 1.18. The van der Waals surface area contributed by atoms with E-state index in [2.05, 4.69) is 0 Å². The molecule has 4 aliphatic rings. The summed E-state index contributed by atoms with van der Waals surface area (Å²) in [4.78, 5) is 0. The predicted octanol–water partition coefficient (Wildman–Crippen LogP) is 3.43. The van der Waals surface area contributed by atoms with Gasteiger partial charge in [0.15, 0.2) is 0 Å². The van der Waals surface area contributed by atoms with Gasteiger partial charge in [0.25, 0.3) is 0 Å². The van der Waals surface area contributed by atoms with Gasteiger partial charge in [-0.2, -0.15) is 0 Å². The van der Waals surface area contributed by atoms with Crippen molar-refractivity contribution in [2.75, 3.05) is 6.61 Å². The molecule has 3 saturated carbocycles. The van der Waals surface area contributed by atoms with Gasteiger partial charge in [-0.15, -0.1) is 0 Å². The first-order valence-corrected chi connectivity index (χ1v) is 10.8. The molecule has 3 aliphatic carbocycles. The van der Waals surface area contributed by atoms with Crippen molar-refractivity contribution >= 4 is 0 Å². The molecular formula is C21H36O4. The van der Waals surface area contributed by atoms with Crippen molar-refractivity contribution in [2.24, 2.45) is 17.8 Å². The molecule has 0 spiro atoms. The molecule has 6 atom stereocenters. The zero-order valence-corrected chi connectivity index (χ0v) is 15.5. The third-order valence-electron chi connectivity index (χ3n) is 7.46. The lowest BCUT2D eigenvalue weighted by Gasteiger charge is -2.26. The number of aliphatic hydroxyl groups is 2. The average molecular weight is 353 g/mol. The van der Waals surface area contributed by atoms with Crippen LogP contribution >= 0.6 is 0 Å². The molecule has 0 amide bonds. The quantitative estimate of drug-likeness (QED) is 0.737. The van der Waals surface area contributed by atoms with Crippen LogP contribution in [0.1, 0.15) is 77.0 Å². The normalized spacial score (nSPS) is 43.0. The molecule has 6 unspecified atom stereocenters. The highest BCUT2D eigenvalue weighted by Crippen LogP contribution is 2.38. The lowest BCUT2D eigenvalue weighted by molar-refractivity contribution is -0.0745. The van der Waals surface area contributed by atoms with Crippen molar-refractivity contribution in [2.45, 2.75) is 108 Å². The van der Waals surface area contributed by atoms with E-state index < -0.39 is 12.2 Å². The zero-order chi connectivity index (χ0) is 17.2. The van der Waals surface area contributed by atoms with Crippen LogP contribution in [0.3, 0.4) is 0 Å². The molecule has 2 N–H and O–H groups in total. The van der Waals surface area contributed by atoms with E-state index in [1.165, 1.54) is 57.8 Å². The Morgan fingerprint density at radius 2 is 1.56 bits per heavy atom. The molecule has 1 saturated heterocycles. The summed E-state index contributed by atoms with van der Waals surface area (Å²) in [6, 6.07) is 0. The highest BCUT2D eigenvalue weighted by Gasteiger charge is 2.46. The molecule has 0 aromatic carbocycles. The van der Waals surface area contributed by atoms with Gasteiger partial charge in [-0.1, -0.05) is 44.9 Å². The number of hydrogen-bond acceptors (Lipinski definition) is 4. The van der Waals surface area contributed by atoms with Gasteiger partial charge in [0, 0.05) is 0 Å². The maximum absolute atomic E-state index is 10.3. The summed E-state index contributed by atoms with van der Waals surface area (Å²) < 4.78 is 12.1. The van der Waals surface area contributed by atoms with E-state index in [0.29, 0.717) is 18.6 Å². The molecule has 1 aliphatic heterocycles. The molecule has 4 rings (SSSR count). The lowest BCUT2D eigenvalue weighted by Crippen LogP contribution is -2.36. The summed E-state index contributed by atoms with van der Waals surface area (Å²) in [7, 11) is 0.